The first-order chi connectivity index (χ1) is 19.5. The molecule has 4 fully saturated rings. The van der Waals surface area contributed by atoms with Crippen LogP contribution in [-0.4, -0.2) is 15.8 Å². The van der Waals surface area contributed by atoms with Gasteiger partial charge in [0.15, 0.2) is 0 Å². The summed E-state index contributed by atoms with van der Waals surface area (Å²) in [5.74, 6) is 12.7. The minimum atomic E-state index is -0.201. The normalized spacial score (nSPS) is 25.6. The third kappa shape index (κ3) is 6.28. The zero-order valence-corrected chi connectivity index (χ0v) is 23.3. The summed E-state index contributed by atoms with van der Waals surface area (Å²) in [6.45, 7) is 2.11. The molecule has 4 saturated carbocycles. The molecule has 4 heteroatoms. The minimum Gasteiger partial charge on any atom is -0.299 e. The van der Waals surface area contributed by atoms with Gasteiger partial charge in [0, 0.05) is 53.2 Å². The number of fused-ring (bicyclic) bond motifs is 2. The molecule has 0 spiro atoms. The molecule has 0 N–H and O–H groups in total. The molecule has 3 aromatic rings. The Bertz CT molecular complexity index is 1470. The van der Waals surface area contributed by atoms with Gasteiger partial charge in [0.1, 0.15) is 11.6 Å². The number of pyridine rings is 2. The summed E-state index contributed by atoms with van der Waals surface area (Å²) in [5, 5.41) is 0.953. The third-order valence-electron chi connectivity index (χ3n) is 9.44. The fourth-order valence-electron chi connectivity index (χ4n) is 6.69. The molecule has 0 aliphatic heterocycles. The van der Waals surface area contributed by atoms with Crippen LogP contribution in [0, 0.1) is 65.5 Å². The molecule has 7 rings (SSSR count). The van der Waals surface area contributed by atoms with E-state index in [0.29, 0.717) is 47.7 Å². The Balaban J connectivity index is 0.000000523. The van der Waals surface area contributed by atoms with E-state index in [2.05, 4.69) is 40.7 Å². The number of carbonyl (C=O) groups excluding carboxylic acids is 1. The van der Waals surface area contributed by atoms with E-state index in [4.69, 9.17) is 6.42 Å². The Hall–Kier alpha value is -3.50. The van der Waals surface area contributed by atoms with Crippen LogP contribution in [0.5, 0.6) is 0 Å². The van der Waals surface area contributed by atoms with Crippen molar-refractivity contribution < 1.29 is 9.18 Å². The summed E-state index contributed by atoms with van der Waals surface area (Å²) in [5.41, 5.74) is 3.88. The lowest BCUT2D eigenvalue weighted by Crippen LogP contribution is -2.22. The van der Waals surface area contributed by atoms with Crippen molar-refractivity contribution >= 4 is 16.7 Å². The van der Waals surface area contributed by atoms with E-state index in [1.54, 1.807) is 18.3 Å². The number of nitrogens with zero attached hydrogens (tertiary/aromatic N) is 2. The van der Waals surface area contributed by atoms with Crippen LogP contribution in [0.25, 0.3) is 10.9 Å². The van der Waals surface area contributed by atoms with E-state index < -0.39 is 0 Å². The Labute approximate surface area is 237 Å². The van der Waals surface area contributed by atoms with E-state index >= 15 is 0 Å². The summed E-state index contributed by atoms with van der Waals surface area (Å²) in [6, 6.07) is 10.9. The minimum absolute atomic E-state index is 0.0611. The standard InChI is InChI=1S/C31H31FN2O.C5H6/c1-19(31(35)17-27-8-6-21(18-34-27)5-4-20-2-3-20)22-12-23-14-25(15-24(23)13-22)28-10-11-33-30-9-7-26(32)16-29(28)30;1-2-5-3-4-5/h6-11,16,18-20,22-25H,2-3,12-15,17H2,1H3;1,5H,3-4H2/t19?,22?,23-,24+,25?;. The van der Waals surface area contributed by atoms with Gasteiger partial charge in [-0.1, -0.05) is 18.8 Å². The van der Waals surface area contributed by atoms with Crippen LogP contribution in [0.1, 0.15) is 81.0 Å². The number of ketones is 1. The van der Waals surface area contributed by atoms with Crippen LogP contribution in [-0.2, 0) is 11.2 Å². The number of halogens is 1. The Morgan fingerprint density at radius 2 is 1.75 bits per heavy atom. The highest BCUT2D eigenvalue weighted by molar-refractivity contribution is 5.83. The van der Waals surface area contributed by atoms with Crippen molar-refractivity contribution in [3.8, 4) is 24.2 Å². The maximum absolute atomic E-state index is 13.9. The summed E-state index contributed by atoms with van der Waals surface area (Å²) < 4.78 is 13.9. The number of hydrogen-bond acceptors (Lipinski definition) is 3. The molecule has 1 aromatic carbocycles. The van der Waals surface area contributed by atoms with Crippen molar-refractivity contribution in [2.75, 3.05) is 0 Å². The highest BCUT2D eigenvalue weighted by Crippen LogP contribution is 2.54. The predicted octanol–water partition coefficient (Wildman–Crippen LogP) is 7.53. The van der Waals surface area contributed by atoms with Gasteiger partial charge in [-0.3, -0.25) is 14.8 Å². The molecule has 4 aliphatic rings. The van der Waals surface area contributed by atoms with Gasteiger partial charge in [-0.05, 0) is 117 Å². The van der Waals surface area contributed by atoms with Gasteiger partial charge in [0.25, 0.3) is 0 Å². The zero-order chi connectivity index (χ0) is 27.6. The molecular weight excluding hydrogens is 495 g/mol. The average molecular weight is 533 g/mol. The first-order valence-electron chi connectivity index (χ1n) is 15.0. The second-order valence-corrected chi connectivity index (χ2v) is 12.4. The molecule has 2 heterocycles. The summed E-state index contributed by atoms with van der Waals surface area (Å²) >= 11 is 0. The molecule has 0 bridgehead atoms. The lowest BCUT2D eigenvalue weighted by Gasteiger charge is -2.21. The number of benzene rings is 1. The van der Waals surface area contributed by atoms with Crippen molar-refractivity contribution in [1.82, 2.24) is 9.97 Å². The number of terminal acetylenes is 1. The third-order valence-corrected chi connectivity index (χ3v) is 9.44. The van der Waals surface area contributed by atoms with E-state index in [-0.39, 0.29) is 11.7 Å². The zero-order valence-electron chi connectivity index (χ0n) is 23.3. The van der Waals surface area contributed by atoms with E-state index in [0.717, 1.165) is 47.8 Å². The van der Waals surface area contributed by atoms with E-state index in [9.17, 15) is 9.18 Å². The smallest absolute Gasteiger partial charge is 0.141 e. The summed E-state index contributed by atoms with van der Waals surface area (Å²) in [4.78, 5) is 22.0. The Morgan fingerprint density at radius 1 is 1.00 bits per heavy atom. The molecule has 3 nitrogen and oxygen atoms in total. The second-order valence-electron chi connectivity index (χ2n) is 12.4. The number of hydrogen-bond donors (Lipinski definition) is 0. The summed E-state index contributed by atoms with van der Waals surface area (Å²) in [6.07, 6.45) is 18.5. The van der Waals surface area contributed by atoms with Crippen LogP contribution >= 0.6 is 0 Å². The topological polar surface area (TPSA) is 42.9 Å². The van der Waals surface area contributed by atoms with Gasteiger partial charge < -0.3 is 0 Å². The molecule has 0 saturated heterocycles. The van der Waals surface area contributed by atoms with Crippen molar-refractivity contribution in [3.63, 3.8) is 0 Å². The SMILES string of the molecule is C#CC1CC1.CC(C(=O)Cc1ccc(C#CC2CC2)cn1)C1C[C@H]2CC(c3ccnc4ccc(F)cc34)C[C@H]2C1. The van der Waals surface area contributed by atoms with Crippen LogP contribution in [0.15, 0.2) is 48.8 Å². The average Bonchev–Trinajstić information content (AvgIpc) is 3.89. The van der Waals surface area contributed by atoms with Crippen molar-refractivity contribution in [1.29, 1.82) is 0 Å². The molecule has 2 aromatic heterocycles. The number of Topliss-reactive ketones (excluding diaryl/α,β-unsaturated/α-hetero) is 1. The lowest BCUT2D eigenvalue weighted by molar-refractivity contribution is -0.123. The fourth-order valence-corrected chi connectivity index (χ4v) is 6.69. The second kappa shape index (κ2) is 11.5. The van der Waals surface area contributed by atoms with Crippen LogP contribution < -0.4 is 0 Å². The largest absolute Gasteiger partial charge is 0.299 e. The van der Waals surface area contributed by atoms with Crippen molar-refractivity contribution in [2.24, 2.45) is 35.5 Å². The monoisotopic (exact) mass is 532 g/mol. The molecule has 3 unspecified atom stereocenters. The first-order valence-corrected chi connectivity index (χ1v) is 15.0. The van der Waals surface area contributed by atoms with Gasteiger partial charge in [-0.25, -0.2) is 4.39 Å². The lowest BCUT2D eigenvalue weighted by atomic mass is 9.83. The number of aromatic nitrogens is 2. The molecule has 4 aliphatic carbocycles. The van der Waals surface area contributed by atoms with Gasteiger partial charge in [-0.15, -0.1) is 12.3 Å². The summed E-state index contributed by atoms with van der Waals surface area (Å²) in [7, 11) is 0. The number of carbonyl (C=O) groups is 1. The highest BCUT2D eigenvalue weighted by atomic mass is 19.1. The Morgan fingerprint density at radius 3 is 2.38 bits per heavy atom. The first kappa shape index (κ1) is 26.7. The fraction of sp³-hybridized carbons (Fsp3) is 0.472. The quantitative estimate of drug-likeness (QED) is 0.319. The Kier molecular flexibility index (Phi) is 7.71. The van der Waals surface area contributed by atoms with E-state index in [1.165, 1.54) is 37.3 Å². The van der Waals surface area contributed by atoms with Gasteiger partial charge in [-0.2, -0.15) is 0 Å². The van der Waals surface area contributed by atoms with Crippen molar-refractivity contribution in [2.45, 2.75) is 70.6 Å². The molecule has 0 amide bonds. The predicted molar refractivity (Wildman–Crippen MR) is 157 cm³/mol. The van der Waals surface area contributed by atoms with Gasteiger partial charge >= 0.3 is 0 Å². The number of rotatable bonds is 5. The van der Waals surface area contributed by atoms with Crippen LogP contribution in [0.2, 0.25) is 0 Å². The molecule has 5 atom stereocenters. The maximum atomic E-state index is 13.9. The van der Waals surface area contributed by atoms with Gasteiger partial charge in [0.05, 0.1) is 5.52 Å². The van der Waals surface area contributed by atoms with Crippen LogP contribution in [0.4, 0.5) is 4.39 Å². The molecular formula is C36H37FN2O. The van der Waals surface area contributed by atoms with Crippen LogP contribution in [0.3, 0.4) is 0 Å². The van der Waals surface area contributed by atoms with E-state index in [1.807, 2.05) is 18.3 Å². The van der Waals surface area contributed by atoms with Gasteiger partial charge in [0.2, 0.25) is 0 Å². The molecule has 204 valence electrons. The maximum Gasteiger partial charge on any atom is 0.141 e. The van der Waals surface area contributed by atoms with Crippen molar-refractivity contribution in [3.05, 3.63) is 71.4 Å². The highest BCUT2D eigenvalue weighted by Gasteiger charge is 2.44. The molecule has 0 radical (unpaired) electrons. The molecule has 40 heavy (non-hydrogen) atoms.